The van der Waals surface area contributed by atoms with E-state index < -0.39 is 17.1 Å². The van der Waals surface area contributed by atoms with Gasteiger partial charge >= 0.3 is 0 Å². The van der Waals surface area contributed by atoms with Gasteiger partial charge in [0.2, 0.25) is 0 Å². The third-order valence-corrected chi connectivity index (χ3v) is 7.53. The number of nitrogens with zero attached hydrogens (tertiary/aromatic N) is 1. The largest absolute Gasteiger partial charge is 0.615 e. The van der Waals surface area contributed by atoms with E-state index >= 15 is 0 Å². The Bertz CT molecular complexity index is 1170. The third kappa shape index (κ3) is 8.34. The van der Waals surface area contributed by atoms with Gasteiger partial charge in [0.25, 0.3) is 5.91 Å². The fourth-order valence-corrected chi connectivity index (χ4v) is 5.30. The van der Waals surface area contributed by atoms with Crippen LogP contribution < -0.4 is 10.6 Å². The second kappa shape index (κ2) is 14.2. The number of carbonyl (C=O) groups excluding carboxylic acids is 1. The molecule has 1 atom stereocenters. The number of rotatable bonds is 8. The molecule has 184 valence electrons. The molecule has 1 unspecified atom stereocenters. The highest BCUT2D eigenvalue weighted by Gasteiger charge is 2.27. The highest BCUT2D eigenvalue weighted by atomic mass is 32.2. The van der Waals surface area contributed by atoms with Crippen molar-refractivity contribution in [3.8, 4) is 0 Å². The Hall–Kier alpha value is -3.45. The number of carbonyl (C=O) groups is 1. The molecule has 0 radical (unpaired) electrons. The molecule has 4 aromatic rings. The van der Waals surface area contributed by atoms with Gasteiger partial charge in [-0.15, -0.1) is 0 Å². The Labute approximate surface area is 222 Å². The van der Waals surface area contributed by atoms with E-state index in [0.29, 0.717) is 0 Å². The topological polar surface area (TPSA) is 69.4 Å². The molecule has 0 heterocycles. The van der Waals surface area contributed by atoms with Crippen LogP contribution in [0.4, 0.5) is 5.69 Å². The van der Waals surface area contributed by atoms with Crippen LogP contribution in [-0.4, -0.2) is 28.2 Å². The van der Waals surface area contributed by atoms with E-state index in [4.69, 9.17) is 18.0 Å². The molecule has 0 saturated carbocycles. The minimum atomic E-state index is -1.36. The molecule has 0 spiro atoms. The van der Waals surface area contributed by atoms with Crippen molar-refractivity contribution >= 4 is 40.0 Å². The number of hydrogen-bond donors (Lipinski definition) is 1. The molecule has 6 heteroatoms. The summed E-state index contributed by atoms with van der Waals surface area (Å²) in [5.41, 5.74) is 9.39. The maximum atomic E-state index is 12.4. The molecule has 0 saturated heterocycles. The first-order valence-corrected chi connectivity index (χ1v) is 13.4. The summed E-state index contributed by atoms with van der Waals surface area (Å²) in [5, 5.41) is -0.324. The zero-order chi connectivity index (χ0) is 25.8. The van der Waals surface area contributed by atoms with Gasteiger partial charge in [-0.3, -0.25) is 4.79 Å². The van der Waals surface area contributed by atoms with Gasteiger partial charge < -0.3 is 15.2 Å². The lowest BCUT2D eigenvalue weighted by Crippen LogP contribution is -2.27. The van der Waals surface area contributed by atoms with E-state index in [1.54, 1.807) is 0 Å². The number of amides is 1. The van der Waals surface area contributed by atoms with Crippen LogP contribution in [0.5, 0.6) is 0 Å². The molecule has 0 aliphatic heterocycles. The molecule has 0 fully saturated rings. The summed E-state index contributed by atoms with van der Waals surface area (Å²) in [6, 6.07) is 39.6. The first-order chi connectivity index (χ1) is 17.5. The molecule has 4 nitrogen and oxygen atoms in total. The number of anilines is 1. The lowest BCUT2D eigenvalue weighted by molar-refractivity contribution is -0.115. The minimum absolute atomic E-state index is 0.131. The summed E-state index contributed by atoms with van der Waals surface area (Å²) in [7, 11) is 2.01. The minimum Gasteiger partial charge on any atom is -0.615 e. The molecule has 36 heavy (non-hydrogen) atoms. The van der Waals surface area contributed by atoms with Crippen LogP contribution in [0.2, 0.25) is 0 Å². The van der Waals surface area contributed by atoms with Gasteiger partial charge in [0.1, 0.15) is 0 Å². The highest BCUT2D eigenvalue weighted by molar-refractivity contribution is 7.92. The average Bonchev–Trinajstić information content (AvgIpc) is 2.91. The van der Waals surface area contributed by atoms with Crippen LogP contribution in [0, 0.1) is 0 Å². The summed E-state index contributed by atoms with van der Waals surface area (Å²) in [6.45, 7) is 0. The van der Waals surface area contributed by atoms with Crippen molar-refractivity contribution < 1.29 is 9.35 Å². The molecular formula is C30H30N2O2S2. The van der Waals surface area contributed by atoms with Crippen molar-refractivity contribution in [1.29, 1.82) is 0 Å². The Morgan fingerprint density at radius 3 is 1.67 bits per heavy atom. The van der Waals surface area contributed by atoms with E-state index in [1.807, 2.05) is 104 Å². The van der Waals surface area contributed by atoms with Crippen molar-refractivity contribution in [3.63, 3.8) is 0 Å². The fraction of sp³-hybridized carbons (Fsp3) is 0.133. The molecule has 4 rings (SSSR count). The molecule has 0 bridgehead atoms. The predicted octanol–water partition coefficient (Wildman–Crippen LogP) is 5.70. The second-order valence-corrected chi connectivity index (χ2v) is 10.1. The van der Waals surface area contributed by atoms with Crippen LogP contribution in [0.15, 0.2) is 121 Å². The smallest absolute Gasteiger partial charge is 0.267 e. The average molecular weight is 515 g/mol. The summed E-state index contributed by atoms with van der Waals surface area (Å²) in [5.74, 6) is -0.677. The van der Waals surface area contributed by atoms with E-state index in [1.165, 1.54) is 5.56 Å². The molecule has 0 aromatic heterocycles. The van der Waals surface area contributed by atoms with Crippen LogP contribution in [0.25, 0.3) is 0 Å². The predicted molar refractivity (Wildman–Crippen MR) is 155 cm³/mol. The first-order valence-electron chi connectivity index (χ1n) is 11.6. The van der Waals surface area contributed by atoms with Gasteiger partial charge in [0.05, 0.1) is 4.99 Å². The highest BCUT2D eigenvalue weighted by Crippen LogP contribution is 2.30. The zero-order valence-corrected chi connectivity index (χ0v) is 21.8. The molecule has 4 aromatic carbocycles. The second-order valence-electron chi connectivity index (χ2n) is 8.14. The van der Waals surface area contributed by atoms with Gasteiger partial charge in [-0.25, -0.2) is 0 Å². The third-order valence-electron chi connectivity index (χ3n) is 5.47. The summed E-state index contributed by atoms with van der Waals surface area (Å²) in [4.78, 5) is 14.0. The van der Waals surface area contributed by atoms with Gasteiger partial charge in [-0.05, 0) is 28.9 Å². The fourth-order valence-electron chi connectivity index (χ4n) is 3.66. The molecule has 0 aliphatic rings. The number of primary amides is 1. The van der Waals surface area contributed by atoms with E-state index in [9.17, 15) is 9.35 Å². The normalized spacial score (nSPS) is 11.2. The number of para-hydroxylation sites is 1. The van der Waals surface area contributed by atoms with Crippen molar-refractivity contribution in [2.24, 2.45) is 5.73 Å². The van der Waals surface area contributed by atoms with Crippen molar-refractivity contribution in [1.82, 2.24) is 0 Å². The summed E-state index contributed by atoms with van der Waals surface area (Å²) in [6.07, 6.45) is 0.807. The number of thiocarbonyl (C=S) groups is 1. The number of likely N-dealkylation sites (N-methyl/N-ethyl adjacent to an activating group) is 1. The van der Waals surface area contributed by atoms with Gasteiger partial charge in [-0.2, -0.15) is 0 Å². The quantitative estimate of drug-likeness (QED) is 0.242. The Morgan fingerprint density at radius 1 is 0.806 bits per heavy atom. The molecule has 0 aliphatic carbocycles. The first kappa shape index (κ1) is 27.1. The Kier molecular flexibility index (Phi) is 10.7. The zero-order valence-electron chi connectivity index (χ0n) is 20.2. The van der Waals surface area contributed by atoms with Crippen LogP contribution in [0.1, 0.15) is 21.9 Å². The van der Waals surface area contributed by atoms with Crippen molar-refractivity contribution in [3.05, 3.63) is 138 Å². The monoisotopic (exact) mass is 514 g/mol. The van der Waals surface area contributed by atoms with Crippen LogP contribution in [-0.2, 0) is 22.4 Å². The summed E-state index contributed by atoms with van der Waals surface area (Å²) >= 11 is 4.10. The van der Waals surface area contributed by atoms with Gasteiger partial charge in [0, 0.05) is 30.3 Å². The SMILES string of the molecule is CN(C(=S)Cc1ccccc1)c1ccccc1.NC(=O)C[S+]([O-])C(c1ccccc1)c1ccccc1. The molecule has 2 N–H and O–H groups in total. The number of hydrogen-bond acceptors (Lipinski definition) is 3. The van der Waals surface area contributed by atoms with E-state index in [-0.39, 0.29) is 11.0 Å². The van der Waals surface area contributed by atoms with Crippen molar-refractivity contribution in [2.45, 2.75) is 11.7 Å². The lowest BCUT2D eigenvalue weighted by atomic mass is 10.0. The van der Waals surface area contributed by atoms with E-state index in [2.05, 4.69) is 29.2 Å². The maximum absolute atomic E-state index is 12.4. The van der Waals surface area contributed by atoms with Crippen LogP contribution >= 0.6 is 12.2 Å². The van der Waals surface area contributed by atoms with Gasteiger partial charge in [0.15, 0.2) is 11.0 Å². The molecular weight excluding hydrogens is 484 g/mol. The van der Waals surface area contributed by atoms with E-state index in [0.717, 1.165) is 28.2 Å². The summed E-state index contributed by atoms with van der Waals surface area (Å²) < 4.78 is 12.4. The Morgan fingerprint density at radius 2 is 1.22 bits per heavy atom. The van der Waals surface area contributed by atoms with Crippen LogP contribution in [0.3, 0.4) is 0 Å². The van der Waals surface area contributed by atoms with Gasteiger partial charge in [-0.1, -0.05) is 121 Å². The lowest BCUT2D eigenvalue weighted by Gasteiger charge is -2.21. The number of benzene rings is 4. The number of nitrogens with two attached hydrogens (primary N) is 1. The Balaban J connectivity index is 0.000000202. The molecule has 1 amide bonds. The van der Waals surface area contributed by atoms with Crippen molar-refractivity contribution in [2.75, 3.05) is 17.7 Å². The maximum Gasteiger partial charge on any atom is 0.267 e. The standard InChI is InChI=1S/C15H15NO2S.C15H15NS/c16-14(17)11-19(18)15(12-7-3-1-4-8-12)13-9-5-2-6-10-13;1-16(14-10-6-3-7-11-14)15(17)12-13-8-4-2-5-9-13/h1-10,15H,11H2,(H2,16,17);2-11H,12H2,1H3.